The molecule has 4 aromatic rings. The van der Waals surface area contributed by atoms with Crippen LogP contribution in [0, 0.1) is 0 Å². The van der Waals surface area contributed by atoms with Gasteiger partial charge in [0.05, 0.1) is 6.26 Å². The quantitative estimate of drug-likeness (QED) is 0.348. The van der Waals surface area contributed by atoms with Gasteiger partial charge in [-0.15, -0.1) is 0 Å². The Morgan fingerprint density at radius 3 is 2.16 bits per heavy atom. The van der Waals surface area contributed by atoms with E-state index in [2.05, 4.69) is 47.0 Å². The maximum absolute atomic E-state index is 12.0. The van der Waals surface area contributed by atoms with Crippen LogP contribution in [0.3, 0.4) is 0 Å². The molecule has 0 saturated heterocycles. The summed E-state index contributed by atoms with van der Waals surface area (Å²) in [6.07, 6.45) is 2.43. The number of ether oxygens (including phenoxy) is 1. The predicted octanol–water partition coefficient (Wildman–Crippen LogP) is 5.66. The van der Waals surface area contributed by atoms with Crippen LogP contribution in [0.25, 0.3) is 0 Å². The second kappa shape index (κ2) is 10.3. The van der Waals surface area contributed by atoms with Crippen molar-refractivity contribution < 1.29 is 13.9 Å². The lowest BCUT2D eigenvalue weighted by atomic mass is 10.1. The van der Waals surface area contributed by atoms with E-state index in [4.69, 9.17) is 9.15 Å². The monoisotopic (exact) mass is 412 g/mol. The number of carbonyl (C=O) groups excluding carboxylic acids is 1. The molecule has 0 aliphatic carbocycles. The number of benzene rings is 3. The summed E-state index contributed by atoms with van der Waals surface area (Å²) in [5.74, 6) is 1.46. The van der Waals surface area contributed by atoms with E-state index in [0.29, 0.717) is 11.4 Å². The smallest absolute Gasteiger partial charge is 0.291 e. The van der Waals surface area contributed by atoms with Gasteiger partial charge in [-0.1, -0.05) is 42.5 Å². The van der Waals surface area contributed by atoms with Crippen molar-refractivity contribution in [2.75, 3.05) is 11.9 Å². The second-order valence-corrected chi connectivity index (χ2v) is 7.11. The molecule has 0 radical (unpaired) electrons. The van der Waals surface area contributed by atoms with Crippen LogP contribution < -0.4 is 15.4 Å². The molecule has 0 unspecified atom stereocenters. The molecule has 156 valence electrons. The maximum Gasteiger partial charge on any atom is 0.291 e. The fourth-order valence-corrected chi connectivity index (χ4v) is 3.13. The van der Waals surface area contributed by atoms with Crippen LogP contribution in [0.1, 0.15) is 21.7 Å². The fourth-order valence-electron chi connectivity index (χ4n) is 3.13. The van der Waals surface area contributed by atoms with Crippen LogP contribution in [0.15, 0.2) is 102 Å². The molecule has 1 heterocycles. The molecule has 0 spiro atoms. The van der Waals surface area contributed by atoms with Crippen LogP contribution in [0.2, 0.25) is 0 Å². The Labute approximate surface area is 181 Å². The highest BCUT2D eigenvalue weighted by Gasteiger charge is 2.08. The molecule has 2 N–H and O–H groups in total. The molecule has 1 amide bonds. The first-order chi connectivity index (χ1) is 15.3. The van der Waals surface area contributed by atoms with Crippen molar-refractivity contribution in [3.8, 4) is 11.5 Å². The molecule has 0 aliphatic heterocycles. The molecule has 0 fully saturated rings. The largest absolute Gasteiger partial charge is 0.459 e. The summed E-state index contributed by atoms with van der Waals surface area (Å²) < 4.78 is 11.0. The average Bonchev–Trinajstić information content (AvgIpc) is 3.35. The standard InChI is InChI=1S/C26H24N2O3/c29-26(25-7-4-18-30-25)28-22-10-14-24(15-11-22)31-23-12-8-20(9-13-23)16-17-27-19-21-5-2-1-3-6-21/h1-15,18,27H,16-17,19H2,(H,28,29). The average molecular weight is 412 g/mol. The van der Waals surface area contributed by atoms with Crippen molar-refractivity contribution in [2.45, 2.75) is 13.0 Å². The van der Waals surface area contributed by atoms with Crippen LogP contribution in [0.5, 0.6) is 11.5 Å². The molecule has 0 saturated carbocycles. The van der Waals surface area contributed by atoms with E-state index in [0.717, 1.165) is 25.3 Å². The van der Waals surface area contributed by atoms with Crippen LogP contribution in [-0.2, 0) is 13.0 Å². The van der Waals surface area contributed by atoms with Crippen LogP contribution in [-0.4, -0.2) is 12.5 Å². The minimum absolute atomic E-state index is 0.274. The first-order valence-electron chi connectivity index (χ1n) is 10.2. The summed E-state index contributed by atoms with van der Waals surface area (Å²) in [6, 6.07) is 29.0. The normalized spacial score (nSPS) is 10.6. The zero-order chi connectivity index (χ0) is 21.3. The molecular weight excluding hydrogens is 388 g/mol. The molecule has 1 aromatic heterocycles. The molecule has 3 aromatic carbocycles. The third kappa shape index (κ3) is 6.07. The Balaban J connectivity index is 1.23. The van der Waals surface area contributed by atoms with E-state index in [1.807, 2.05) is 30.3 Å². The molecule has 0 aliphatic rings. The highest BCUT2D eigenvalue weighted by atomic mass is 16.5. The van der Waals surface area contributed by atoms with Crippen molar-refractivity contribution in [3.05, 3.63) is 114 Å². The molecule has 5 heteroatoms. The van der Waals surface area contributed by atoms with Gasteiger partial charge in [-0.3, -0.25) is 4.79 Å². The molecule has 0 atom stereocenters. The summed E-state index contributed by atoms with van der Waals surface area (Å²) in [5.41, 5.74) is 3.22. The number of amides is 1. The van der Waals surface area contributed by atoms with Gasteiger partial charge in [0, 0.05) is 12.2 Å². The van der Waals surface area contributed by atoms with Crippen molar-refractivity contribution in [2.24, 2.45) is 0 Å². The van der Waals surface area contributed by atoms with Crippen LogP contribution >= 0.6 is 0 Å². The third-order valence-corrected chi connectivity index (χ3v) is 4.78. The van der Waals surface area contributed by atoms with Crippen molar-refractivity contribution in [1.29, 1.82) is 0 Å². The van der Waals surface area contributed by atoms with Gasteiger partial charge in [0.25, 0.3) is 5.91 Å². The van der Waals surface area contributed by atoms with Gasteiger partial charge in [0.1, 0.15) is 11.5 Å². The lowest BCUT2D eigenvalue weighted by Gasteiger charge is -2.09. The Morgan fingerprint density at radius 1 is 0.774 bits per heavy atom. The topological polar surface area (TPSA) is 63.5 Å². The van der Waals surface area contributed by atoms with E-state index < -0.39 is 0 Å². The van der Waals surface area contributed by atoms with Gasteiger partial charge in [0.15, 0.2) is 5.76 Å². The summed E-state index contributed by atoms with van der Waals surface area (Å²) in [6.45, 7) is 1.79. The molecule has 0 bridgehead atoms. The summed E-state index contributed by atoms with van der Waals surface area (Å²) in [4.78, 5) is 12.0. The summed E-state index contributed by atoms with van der Waals surface area (Å²) >= 11 is 0. The zero-order valence-electron chi connectivity index (χ0n) is 17.1. The highest BCUT2D eigenvalue weighted by molar-refractivity contribution is 6.02. The number of carbonyl (C=O) groups is 1. The number of anilines is 1. The van der Waals surface area contributed by atoms with Gasteiger partial charge < -0.3 is 19.8 Å². The number of furan rings is 1. The first-order valence-corrected chi connectivity index (χ1v) is 10.2. The lowest BCUT2D eigenvalue weighted by Crippen LogP contribution is -2.16. The Kier molecular flexibility index (Phi) is 6.78. The van der Waals surface area contributed by atoms with Gasteiger partial charge in [0.2, 0.25) is 0 Å². The van der Waals surface area contributed by atoms with E-state index in [1.165, 1.54) is 17.4 Å². The Hall–Kier alpha value is -3.83. The van der Waals surface area contributed by atoms with Crippen molar-refractivity contribution in [1.82, 2.24) is 5.32 Å². The fraction of sp³-hybridized carbons (Fsp3) is 0.115. The van der Waals surface area contributed by atoms with E-state index in [9.17, 15) is 4.79 Å². The van der Waals surface area contributed by atoms with Crippen molar-refractivity contribution >= 4 is 11.6 Å². The molecule has 31 heavy (non-hydrogen) atoms. The van der Waals surface area contributed by atoms with Crippen LogP contribution in [0.4, 0.5) is 5.69 Å². The number of hydrogen-bond acceptors (Lipinski definition) is 4. The number of nitrogens with one attached hydrogen (secondary N) is 2. The second-order valence-electron chi connectivity index (χ2n) is 7.11. The van der Waals surface area contributed by atoms with E-state index >= 15 is 0 Å². The summed E-state index contributed by atoms with van der Waals surface area (Å²) in [7, 11) is 0. The van der Waals surface area contributed by atoms with E-state index in [-0.39, 0.29) is 11.7 Å². The molecular formula is C26H24N2O3. The Bertz CT molecular complexity index is 1070. The number of hydrogen-bond donors (Lipinski definition) is 2. The minimum atomic E-state index is -0.285. The summed E-state index contributed by atoms with van der Waals surface area (Å²) in [5, 5.41) is 6.25. The Morgan fingerprint density at radius 2 is 1.48 bits per heavy atom. The van der Waals surface area contributed by atoms with E-state index in [1.54, 1.807) is 24.3 Å². The minimum Gasteiger partial charge on any atom is -0.459 e. The lowest BCUT2D eigenvalue weighted by molar-refractivity contribution is 0.0996. The zero-order valence-corrected chi connectivity index (χ0v) is 17.1. The maximum atomic E-state index is 12.0. The van der Waals surface area contributed by atoms with Gasteiger partial charge in [-0.25, -0.2) is 0 Å². The molecule has 4 rings (SSSR count). The number of rotatable bonds is 9. The molecule has 5 nitrogen and oxygen atoms in total. The van der Waals surface area contributed by atoms with Gasteiger partial charge >= 0.3 is 0 Å². The van der Waals surface area contributed by atoms with Gasteiger partial charge in [-0.05, 0) is 72.6 Å². The van der Waals surface area contributed by atoms with Crippen molar-refractivity contribution in [3.63, 3.8) is 0 Å². The third-order valence-electron chi connectivity index (χ3n) is 4.78. The highest BCUT2D eigenvalue weighted by Crippen LogP contribution is 2.23. The van der Waals surface area contributed by atoms with Gasteiger partial charge in [-0.2, -0.15) is 0 Å². The first kappa shape index (κ1) is 20.4. The SMILES string of the molecule is O=C(Nc1ccc(Oc2ccc(CCNCc3ccccc3)cc2)cc1)c1ccco1. The predicted molar refractivity (Wildman–Crippen MR) is 121 cm³/mol.